The van der Waals surface area contributed by atoms with Gasteiger partial charge >= 0.3 is 12.3 Å². The van der Waals surface area contributed by atoms with Crippen molar-refractivity contribution in [3.63, 3.8) is 0 Å². The molecule has 0 unspecified atom stereocenters. The first-order valence-corrected chi connectivity index (χ1v) is 6.54. The lowest BCUT2D eigenvalue weighted by Crippen LogP contribution is -2.27. The lowest BCUT2D eigenvalue weighted by Gasteiger charge is -2.20. The van der Waals surface area contributed by atoms with Crippen molar-refractivity contribution in [2.45, 2.75) is 32.5 Å². The number of hydrogen-bond acceptors (Lipinski definition) is 3. The minimum absolute atomic E-state index is 0.129. The summed E-state index contributed by atoms with van der Waals surface area (Å²) in [4.78, 5) is 11.6. The first-order valence-electron chi connectivity index (χ1n) is 5.75. The maximum absolute atomic E-state index is 12.8. The highest BCUT2D eigenvalue weighted by molar-refractivity contribution is 9.10. The second-order valence-corrected chi connectivity index (χ2v) is 5.97. The number of alkyl halides is 3. The van der Waals surface area contributed by atoms with Gasteiger partial charge in [-0.05, 0) is 48.8 Å². The number of nitriles is 1. The maximum atomic E-state index is 12.8. The molecule has 4 nitrogen and oxygen atoms in total. The summed E-state index contributed by atoms with van der Waals surface area (Å²) in [6.07, 6.45) is -5.59. The van der Waals surface area contributed by atoms with Gasteiger partial charge in [-0.2, -0.15) is 18.4 Å². The number of halogens is 4. The molecule has 0 aliphatic heterocycles. The fraction of sp³-hybridized carbons (Fsp3) is 0.385. The van der Waals surface area contributed by atoms with Crippen molar-refractivity contribution in [2.75, 3.05) is 5.32 Å². The molecule has 1 amide bonds. The summed E-state index contributed by atoms with van der Waals surface area (Å²) < 4.78 is 43.6. The summed E-state index contributed by atoms with van der Waals surface area (Å²) in [5.41, 5.74) is -2.57. The largest absolute Gasteiger partial charge is 0.444 e. The van der Waals surface area contributed by atoms with Gasteiger partial charge in [0.05, 0.1) is 22.9 Å². The second kappa shape index (κ2) is 5.93. The summed E-state index contributed by atoms with van der Waals surface area (Å²) in [5, 5.41) is 11.0. The molecule has 1 N–H and O–H groups in total. The van der Waals surface area contributed by atoms with E-state index in [2.05, 4.69) is 21.2 Å². The smallest absolute Gasteiger partial charge is 0.417 e. The number of benzene rings is 1. The zero-order valence-electron chi connectivity index (χ0n) is 11.4. The first-order chi connectivity index (χ1) is 9.44. The van der Waals surface area contributed by atoms with E-state index in [1.165, 1.54) is 6.07 Å². The average molecular weight is 365 g/mol. The molecule has 0 aliphatic carbocycles. The summed E-state index contributed by atoms with van der Waals surface area (Å²) in [6, 6.07) is 3.15. The van der Waals surface area contributed by atoms with Crippen LogP contribution in [-0.2, 0) is 10.9 Å². The van der Waals surface area contributed by atoms with E-state index < -0.39 is 29.0 Å². The molecule has 0 bridgehead atoms. The van der Waals surface area contributed by atoms with Crippen molar-refractivity contribution in [1.82, 2.24) is 0 Å². The van der Waals surface area contributed by atoms with Gasteiger partial charge in [0, 0.05) is 4.47 Å². The van der Waals surface area contributed by atoms with E-state index in [0.717, 1.165) is 6.07 Å². The van der Waals surface area contributed by atoms with Crippen molar-refractivity contribution in [1.29, 1.82) is 5.26 Å². The Labute approximate surface area is 128 Å². The minimum atomic E-state index is -4.70. The lowest BCUT2D eigenvalue weighted by atomic mass is 10.1. The third-order valence-corrected chi connectivity index (χ3v) is 2.82. The fourth-order valence-corrected chi connectivity index (χ4v) is 1.85. The predicted molar refractivity (Wildman–Crippen MR) is 73.7 cm³/mol. The number of hydrogen-bond donors (Lipinski definition) is 1. The molecule has 0 aromatic heterocycles. The van der Waals surface area contributed by atoms with E-state index in [1.54, 1.807) is 20.8 Å². The van der Waals surface area contributed by atoms with Crippen molar-refractivity contribution in [3.05, 3.63) is 27.7 Å². The molecule has 1 aromatic rings. The molecule has 0 saturated carbocycles. The zero-order chi connectivity index (χ0) is 16.4. The number of rotatable bonds is 1. The van der Waals surface area contributed by atoms with Crippen LogP contribution in [0.15, 0.2) is 16.6 Å². The quantitative estimate of drug-likeness (QED) is 0.786. The zero-order valence-corrected chi connectivity index (χ0v) is 13.0. The Morgan fingerprint density at radius 2 is 1.90 bits per heavy atom. The SMILES string of the molecule is CC(C)(C)OC(=O)Nc1cc(C(F)(F)F)c(C#N)cc1Br. The Kier molecular flexibility index (Phi) is 4.89. The van der Waals surface area contributed by atoms with Crippen LogP contribution in [0.4, 0.5) is 23.7 Å². The third-order valence-electron chi connectivity index (χ3n) is 2.17. The van der Waals surface area contributed by atoms with Crippen LogP contribution in [0, 0.1) is 11.3 Å². The van der Waals surface area contributed by atoms with Crippen molar-refractivity contribution >= 4 is 27.7 Å². The topological polar surface area (TPSA) is 62.1 Å². The van der Waals surface area contributed by atoms with E-state index in [0.29, 0.717) is 6.07 Å². The van der Waals surface area contributed by atoms with Gasteiger partial charge in [-0.25, -0.2) is 4.79 Å². The monoisotopic (exact) mass is 364 g/mol. The molecule has 1 aromatic carbocycles. The molecule has 0 saturated heterocycles. The standard InChI is InChI=1S/C13H12BrF3N2O2/c1-12(2,3)21-11(20)19-10-5-8(13(15,16)17)7(6-18)4-9(10)14/h4-5H,1-3H3,(H,19,20). The van der Waals surface area contributed by atoms with E-state index in [9.17, 15) is 18.0 Å². The van der Waals surface area contributed by atoms with Crippen LogP contribution >= 0.6 is 15.9 Å². The highest BCUT2D eigenvalue weighted by atomic mass is 79.9. The van der Waals surface area contributed by atoms with Gasteiger partial charge in [-0.1, -0.05) is 0 Å². The van der Waals surface area contributed by atoms with Crippen LogP contribution in [0.2, 0.25) is 0 Å². The normalized spacial score (nSPS) is 11.7. The van der Waals surface area contributed by atoms with Gasteiger partial charge in [0.1, 0.15) is 5.60 Å². The highest BCUT2D eigenvalue weighted by Gasteiger charge is 2.34. The molecular formula is C13H12BrF3N2O2. The number of carbonyl (C=O) groups excluding carboxylic acids is 1. The Balaban J connectivity index is 3.15. The Morgan fingerprint density at radius 1 is 1.33 bits per heavy atom. The van der Waals surface area contributed by atoms with Crippen molar-refractivity contribution in [3.8, 4) is 6.07 Å². The number of carbonyl (C=O) groups is 1. The van der Waals surface area contributed by atoms with Crippen LogP contribution in [-0.4, -0.2) is 11.7 Å². The van der Waals surface area contributed by atoms with Gasteiger partial charge in [-0.15, -0.1) is 0 Å². The van der Waals surface area contributed by atoms with Crippen molar-refractivity contribution in [2.24, 2.45) is 0 Å². The number of anilines is 1. The molecule has 0 spiro atoms. The van der Waals surface area contributed by atoms with Gasteiger partial charge in [-0.3, -0.25) is 5.32 Å². The van der Waals surface area contributed by atoms with Crippen LogP contribution in [0.25, 0.3) is 0 Å². The Morgan fingerprint density at radius 3 is 2.33 bits per heavy atom. The number of nitrogens with one attached hydrogen (secondary N) is 1. The lowest BCUT2D eigenvalue weighted by molar-refractivity contribution is -0.137. The second-order valence-electron chi connectivity index (χ2n) is 5.11. The molecule has 0 aliphatic rings. The predicted octanol–water partition coefficient (Wildman–Crippen LogP) is 4.69. The summed E-state index contributed by atoms with van der Waals surface area (Å²) >= 11 is 3.01. The summed E-state index contributed by atoms with van der Waals surface area (Å²) in [6.45, 7) is 4.88. The first kappa shape index (κ1) is 17.3. The van der Waals surface area contributed by atoms with E-state index in [4.69, 9.17) is 10.00 Å². The molecule has 0 radical (unpaired) electrons. The Hall–Kier alpha value is -1.75. The fourth-order valence-electron chi connectivity index (χ4n) is 1.41. The van der Waals surface area contributed by atoms with E-state index in [-0.39, 0.29) is 10.2 Å². The van der Waals surface area contributed by atoms with Crippen molar-refractivity contribution < 1.29 is 22.7 Å². The minimum Gasteiger partial charge on any atom is -0.444 e. The van der Waals surface area contributed by atoms with E-state index in [1.807, 2.05) is 0 Å². The molecule has 8 heteroatoms. The Bertz CT molecular complexity index is 601. The van der Waals surface area contributed by atoms with Gasteiger partial charge in [0.15, 0.2) is 0 Å². The molecular weight excluding hydrogens is 353 g/mol. The molecule has 0 heterocycles. The van der Waals surface area contributed by atoms with Gasteiger partial charge in [0.2, 0.25) is 0 Å². The van der Waals surface area contributed by atoms with Crippen LogP contribution < -0.4 is 5.32 Å². The van der Waals surface area contributed by atoms with Gasteiger partial charge in [0.25, 0.3) is 0 Å². The molecule has 0 fully saturated rings. The van der Waals surface area contributed by atoms with Crippen LogP contribution in [0.3, 0.4) is 0 Å². The third kappa shape index (κ3) is 4.93. The highest BCUT2D eigenvalue weighted by Crippen LogP contribution is 2.36. The average Bonchev–Trinajstić information content (AvgIpc) is 2.27. The number of nitrogens with zero attached hydrogens (tertiary/aromatic N) is 1. The number of amides is 1. The van der Waals surface area contributed by atoms with Crippen LogP contribution in [0.5, 0.6) is 0 Å². The molecule has 114 valence electrons. The summed E-state index contributed by atoms with van der Waals surface area (Å²) in [7, 11) is 0. The van der Waals surface area contributed by atoms with E-state index >= 15 is 0 Å². The molecule has 0 atom stereocenters. The summed E-state index contributed by atoms with van der Waals surface area (Å²) in [5.74, 6) is 0. The number of ether oxygens (including phenoxy) is 1. The van der Waals surface area contributed by atoms with Gasteiger partial charge < -0.3 is 4.74 Å². The maximum Gasteiger partial charge on any atom is 0.417 e. The van der Waals surface area contributed by atoms with Crippen LogP contribution in [0.1, 0.15) is 31.9 Å². The molecule has 21 heavy (non-hydrogen) atoms. The molecule has 1 rings (SSSR count).